The SMILES string of the molecule is Cc1nc(Oc2cc(C#N)ccc2-c2ccc(C(CNC(=O)OC(C)(C)C)Oc3ccccc3)cc2)cc(N2CCOCC2)n1. The number of hydrogen-bond acceptors (Lipinski definition) is 9. The number of aromatic nitrogens is 2. The van der Waals surface area contributed by atoms with Gasteiger partial charge in [-0.2, -0.15) is 10.2 Å². The van der Waals surface area contributed by atoms with Crippen LogP contribution in [0.1, 0.15) is 43.8 Å². The molecule has 2 heterocycles. The Morgan fingerprint density at radius 2 is 1.76 bits per heavy atom. The summed E-state index contributed by atoms with van der Waals surface area (Å²) in [5.41, 5.74) is 2.37. The third-order valence-corrected chi connectivity index (χ3v) is 6.91. The maximum atomic E-state index is 12.4. The molecule has 0 bridgehead atoms. The molecule has 1 N–H and O–H groups in total. The van der Waals surface area contributed by atoms with E-state index in [0.29, 0.717) is 42.0 Å². The minimum Gasteiger partial charge on any atom is -0.484 e. The quantitative estimate of drug-likeness (QED) is 0.225. The number of anilines is 1. The lowest BCUT2D eigenvalue weighted by molar-refractivity contribution is 0.0500. The molecule has 4 aromatic rings. The third kappa shape index (κ3) is 8.71. The molecule has 1 aliphatic rings. The summed E-state index contributed by atoms with van der Waals surface area (Å²) in [4.78, 5) is 23.7. The molecule has 10 nitrogen and oxygen atoms in total. The second-order valence-electron chi connectivity index (χ2n) is 11.6. The van der Waals surface area contributed by atoms with Gasteiger partial charge in [0.05, 0.1) is 31.4 Å². The van der Waals surface area contributed by atoms with Crippen molar-refractivity contribution >= 4 is 11.9 Å². The number of para-hydroxylation sites is 1. The smallest absolute Gasteiger partial charge is 0.407 e. The number of benzene rings is 3. The van der Waals surface area contributed by atoms with Gasteiger partial charge in [0.25, 0.3) is 0 Å². The minimum absolute atomic E-state index is 0.201. The molecule has 5 rings (SSSR count). The van der Waals surface area contributed by atoms with E-state index in [1.54, 1.807) is 12.1 Å². The summed E-state index contributed by atoms with van der Waals surface area (Å²) in [6.45, 7) is 10.2. The van der Waals surface area contributed by atoms with Gasteiger partial charge in [-0.1, -0.05) is 42.5 Å². The Labute approximate surface area is 263 Å². The van der Waals surface area contributed by atoms with Gasteiger partial charge in [-0.3, -0.25) is 0 Å². The van der Waals surface area contributed by atoms with E-state index in [9.17, 15) is 10.1 Å². The standard InChI is InChI=1S/C35H37N5O5/c1-24-38-32(40-16-18-42-19-17-40)21-33(39-24)44-30-20-25(22-36)10-15-29(30)26-11-13-27(14-12-26)31(43-28-8-6-5-7-9-28)23-37-34(41)45-35(2,3)4/h5-15,20-21,31H,16-19,23H2,1-4H3,(H,37,41). The topological polar surface area (TPSA) is 119 Å². The Hall–Kier alpha value is -5.14. The number of alkyl carbamates (subject to hydrolysis) is 1. The van der Waals surface area contributed by atoms with E-state index in [2.05, 4.69) is 26.3 Å². The minimum atomic E-state index is -0.614. The summed E-state index contributed by atoms with van der Waals surface area (Å²) in [5.74, 6) is 2.92. The lowest BCUT2D eigenvalue weighted by Crippen LogP contribution is -2.36. The Kier molecular flexibility index (Phi) is 9.80. The number of rotatable bonds is 9. The fourth-order valence-electron chi connectivity index (χ4n) is 4.82. The summed E-state index contributed by atoms with van der Waals surface area (Å²) in [6, 6.07) is 26.6. The third-order valence-electron chi connectivity index (χ3n) is 6.91. The highest BCUT2D eigenvalue weighted by Gasteiger charge is 2.21. The van der Waals surface area contributed by atoms with E-state index < -0.39 is 17.8 Å². The highest BCUT2D eigenvalue weighted by molar-refractivity contribution is 5.72. The zero-order valence-electron chi connectivity index (χ0n) is 25.9. The average molecular weight is 608 g/mol. The van der Waals surface area contributed by atoms with Crippen LogP contribution in [-0.4, -0.2) is 54.5 Å². The molecule has 10 heteroatoms. The molecule has 1 saturated heterocycles. The Morgan fingerprint density at radius 1 is 1.02 bits per heavy atom. The Bertz CT molecular complexity index is 1640. The number of ether oxygens (including phenoxy) is 4. The first-order valence-electron chi connectivity index (χ1n) is 14.9. The van der Waals surface area contributed by atoms with E-state index in [0.717, 1.165) is 35.6 Å². The number of morpholine rings is 1. The van der Waals surface area contributed by atoms with Crippen LogP contribution < -0.4 is 19.7 Å². The van der Waals surface area contributed by atoms with Crippen LogP contribution in [0.4, 0.5) is 10.6 Å². The summed E-state index contributed by atoms with van der Waals surface area (Å²) in [7, 11) is 0. The largest absolute Gasteiger partial charge is 0.484 e. The number of hydrogen-bond donors (Lipinski definition) is 1. The van der Waals surface area contributed by atoms with Crippen LogP contribution in [0.15, 0.2) is 78.9 Å². The van der Waals surface area contributed by atoms with Crippen LogP contribution in [-0.2, 0) is 9.47 Å². The van der Waals surface area contributed by atoms with Crippen LogP contribution in [0.25, 0.3) is 11.1 Å². The van der Waals surface area contributed by atoms with Crippen molar-refractivity contribution in [3.8, 4) is 34.6 Å². The number of amides is 1. The Balaban J connectivity index is 1.40. The number of carbonyl (C=O) groups is 1. The van der Waals surface area contributed by atoms with Gasteiger partial charge < -0.3 is 29.2 Å². The normalized spacial score (nSPS) is 13.8. The highest BCUT2D eigenvalue weighted by atomic mass is 16.6. The first kappa shape index (κ1) is 31.3. The maximum absolute atomic E-state index is 12.4. The van der Waals surface area contributed by atoms with Crippen LogP contribution in [0.2, 0.25) is 0 Å². The summed E-state index contributed by atoms with van der Waals surface area (Å²) < 4.78 is 23.5. The number of carbonyl (C=O) groups excluding carboxylic acids is 1. The van der Waals surface area contributed by atoms with Crippen molar-refractivity contribution in [3.63, 3.8) is 0 Å². The van der Waals surface area contributed by atoms with Gasteiger partial charge >= 0.3 is 6.09 Å². The monoisotopic (exact) mass is 607 g/mol. The van der Waals surface area contributed by atoms with E-state index in [-0.39, 0.29) is 6.54 Å². The molecule has 0 spiro atoms. The molecule has 1 amide bonds. The van der Waals surface area contributed by atoms with Crippen molar-refractivity contribution in [2.75, 3.05) is 37.7 Å². The predicted octanol–water partition coefficient (Wildman–Crippen LogP) is 6.60. The highest BCUT2D eigenvalue weighted by Crippen LogP contribution is 2.35. The van der Waals surface area contributed by atoms with Crippen molar-refractivity contribution in [2.45, 2.75) is 39.4 Å². The molecule has 1 aliphatic heterocycles. The molecule has 0 radical (unpaired) electrons. The second-order valence-corrected chi connectivity index (χ2v) is 11.6. The molecule has 45 heavy (non-hydrogen) atoms. The first-order valence-corrected chi connectivity index (χ1v) is 14.9. The second kappa shape index (κ2) is 14.1. The van der Waals surface area contributed by atoms with Gasteiger partial charge in [0.15, 0.2) is 0 Å². The first-order chi connectivity index (χ1) is 21.7. The van der Waals surface area contributed by atoms with Gasteiger partial charge in [-0.15, -0.1) is 0 Å². The fourth-order valence-corrected chi connectivity index (χ4v) is 4.82. The van der Waals surface area contributed by atoms with E-state index >= 15 is 0 Å². The van der Waals surface area contributed by atoms with Crippen molar-refractivity contribution in [1.82, 2.24) is 15.3 Å². The molecule has 232 valence electrons. The van der Waals surface area contributed by atoms with Crippen LogP contribution in [0.5, 0.6) is 17.4 Å². The van der Waals surface area contributed by atoms with Gasteiger partial charge in [0.1, 0.15) is 34.8 Å². The number of aryl methyl sites for hydroxylation is 1. The lowest BCUT2D eigenvalue weighted by atomic mass is 9.99. The lowest BCUT2D eigenvalue weighted by Gasteiger charge is -2.28. The molecule has 1 fully saturated rings. The van der Waals surface area contributed by atoms with Crippen LogP contribution in [0, 0.1) is 18.3 Å². The van der Waals surface area contributed by atoms with E-state index in [1.807, 2.05) is 94.4 Å². The number of nitriles is 1. The maximum Gasteiger partial charge on any atom is 0.407 e. The van der Waals surface area contributed by atoms with Crippen molar-refractivity contribution in [1.29, 1.82) is 5.26 Å². The number of nitrogens with one attached hydrogen (secondary N) is 1. The zero-order chi connectivity index (χ0) is 31.8. The molecule has 0 aliphatic carbocycles. The van der Waals surface area contributed by atoms with Crippen molar-refractivity contribution < 1.29 is 23.7 Å². The van der Waals surface area contributed by atoms with Gasteiger partial charge in [-0.05, 0) is 69.2 Å². The molecule has 1 unspecified atom stereocenters. The van der Waals surface area contributed by atoms with E-state index in [1.165, 1.54) is 0 Å². The molecule has 1 aromatic heterocycles. The number of nitrogens with zero attached hydrogens (tertiary/aromatic N) is 4. The van der Waals surface area contributed by atoms with Gasteiger partial charge in [0, 0.05) is 24.7 Å². The van der Waals surface area contributed by atoms with E-state index in [4.69, 9.17) is 18.9 Å². The summed E-state index contributed by atoms with van der Waals surface area (Å²) in [6.07, 6.45) is -0.995. The molecule has 0 saturated carbocycles. The Morgan fingerprint density at radius 3 is 2.44 bits per heavy atom. The predicted molar refractivity (Wildman–Crippen MR) is 171 cm³/mol. The molecule has 1 atom stereocenters. The molecular formula is C35H37N5O5. The zero-order valence-corrected chi connectivity index (χ0v) is 25.9. The van der Waals surface area contributed by atoms with Gasteiger partial charge in [-0.25, -0.2) is 9.78 Å². The summed E-state index contributed by atoms with van der Waals surface area (Å²) in [5, 5.41) is 12.4. The van der Waals surface area contributed by atoms with Gasteiger partial charge in [0.2, 0.25) is 5.88 Å². The fraction of sp³-hybridized carbons (Fsp3) is 0.314. The van der Waals surface area contributed by atoms with Crippen molar-refractivity contribution in [2.24, 2.45) is 0 Å². The van der Waals surface area contributed by atoms with Crippen LogP contribution >= 0.6 is 0 Å². The summed E-state index contributed by atoms with van der Waals surface area (Å²) >= 11 is 0. The van der Waals surface area contributed by atoms with Crippen molar-refractivity contribution in [3.05, 3.63) is 95.8 Å². The molecular weight excluding hydrogens is 570 g/mol. The average Bonchev–Trinajstić information content (AvgIpc) is 3.03. The van der Waals surface area contributed by atoms with Crippen LogP contribution in [0.3, 0.4) is 0 Å². The molecule has 3 aromatic carbocycles.